The van der Waals surface area contributed by atoms with Gasteiger partial charge in [-0.1, -0.05) is 42.3 Å². The number of carbonyl (C=O) groups is 2. The molecule has 0 atom stereocenters. The first-order valence-electron chi connectivity index (χ1n) is 8.93. The highest BCUT2D eigenvalue weighted by molar-refractivity contribution is 8.18. The lowest BCUT2D eigenvalue weighted by molar-refractivity contribution is -0.122. The lowest BCUT2D eigenvalue weighted by atomic mass is 10.1. The van der Waals surface area contributed by atoms with Gasteiger partial charge in [-0.3, -0.25) is 14.5 Å². The molecule has 8 heteroatoms. The van der Waals surface area contributed by atoms with Crippen molar-refractivity contribution in [1.29, 1.82) is 0 Å². The van der Waals surface area contributed by atoms with Crippen LogP contribution in [0, 0.1) is 0 Å². The van der Waals surface area contributed by atoms with E-state index in [0.29, 0.717) is 51.6 Å². The van der Waals surface area contributed by atoms with E-state index in [1.807, 2.05) is 19.1 Å². The van der Waals surface area contributed by atoms with Crippen LogP contribution in [0.3, 0.4) is 0 Å². The predicted molar refractivity (Wildman–Crippen MR) is 117 cm³/mol. The van der Waals surface area contributed by atoms with Crippen LogP contribution in [0.5, 0.6) is 11.5 Å². The Balaban J connectivity index is 1.82. The molecule has 0 unspecified atom stereocenters. The lowest BCUT2D eigenvalue weighted by Crippen LogP contribution is -2.28. The van der Waals surface area contributed by atoms with Gasteiger partial charge in [0.1, 0.15) is 6.61 Å². The summed E-state index contributed by atoms with van der Waals surface area (Å²) < 4.78 is 11.3. The van der Waals surface area contributed by atoms with Gasteiger partial charge in [0, 0.05) is 11.6 Å². The summed E-state index contributed by atoms with van der Waals surface area (Å²) in [7, 11) is 1.51. The van der Waals surface area contributed by atoms with Gasteiger partial charge >= 0.3 is 0 Å². The molecule has 0 N–H and O–H groups in total. The second-order valence-electron chi connectivity index (χ2n) is 6.28. The van der Waals surface area contributed by atoms with E-state index in [9.17, 15) is 9.59 Å². The van der Waals surface area contributed by atoms with Crippen molar-refractivity contribution in [2.24, 2.45) is 0 Å². The Morgan fingerprint density at radius 2 is 1.86 bits per heavy atom. The summed E-state index contributed by atoms with van der Waals surface area (Å²) >= 11 is 13.2. The molecule has 3 rings (SSSR count). The summed E-state index contributed by atoms with van der Waals surface area (Å²) in [5.74, 6) is 0.547. The summed E-state index contributed by atoms with van der Waals surface area (Å²) in [5, 5.41) is 0.735. The summed E-state index contributed by atoms with van der Waals surface area (Å²) in [6.07, 6.45) is 2.35. The molecule has 2 amide bonds. The monoisotopic (exact) mass is 451 g/mol. The van der Waals surface area contributed by atoms with Gasteiger partial charge in [0.15, 0.2) is 11.5 Å². The van der Waals surface area contributed by atoms with Crippen LogP contribution in [0.25, 0.3) is 6.08 Å². The smallest absolute Gasteiger partial charge is 0.293 e. The van der Waals surface area contributed by atoms with Crippen LogP contribution in [0.2, 0.25) is 10.0 Å². The zero-order chi connectivity index (χ0) is 21.0. The highest BCUT2D eigenvalue weighted by Gasteiger charge is 2.34. The fourth-order valence-corrected chi connectivity index (χ4v) is 4.03. The first-order chi connectivity index (χ1) is 13.9. The number of imide groups is 1. The topological polar surface area (TPSA) is 55.8 Å². The number of hydrogen-bond acceptors (Lipinski definition) is 5. The number of ether oxygens (including phenoxy) is 2. The first kappa shape index (κ1) is 21.6. The summed E-state index contributed by atoms with van der Waals surface area (Å²) in [4.78, 5) is 26.0. The normalized spacial score (nSPS) is 15.3. The molecule has 2 aromatic carbocycles. The zero-order valence-corrected chi connectivity index (χ0v) is 18.2. The third-order valence-electron chi connectivity index (χ3n) is 4.17. The molecular weight excluding hydrogens is 433 g/mol. The minimum Gasteiger partial charge on any atom is -0.493 e. The lowest BCUT2D eigenvalue weighted by Gasteiger charge is -2.14. The van der Waals surface area contributed by atoms with Crippen LogP contribution >= 0.6 is 35.0 Å². The second kappa shape index (κ2) is 9.57. The van der Waals surface area contributed by atoms with Crippen LogP contribution in [0.4, 0.5) is 4.79 Å². The van der Waals surface area contributed by atoms with E-state index in [1.165, 1.54) is 12.0 Å². The number of thioether (sulfide) groups is 1. The molecule has 0 radical (unpaired) electrons. The third-order valence-corrected chi connectivity index (χ3v) is 5.61. The molecule has 29 heavy (non-hydrogen) atoms. The van der Waals surface area contributed by atoms with Gasteiger partial charge < -0.3 is 9.47 Å². The maximum Gasteiger partial charge on any atom is 0.293 e. The number of halogens is 2. The van der Waals surface area contributed by atoms with E-state index in [-0.39, 0.29) is 11.1 Å². The highest BCUT2D eigenvalue weighted by Crippen LogP contribution is 2.39. The Bertz CT molecular complexity index is 960. The van der Waals surface area contributed by atoms with E-state index in [0.717, 1.165) is 17.3 Å². The Morgan fingerprint density at radius 3 is 2.52 bits per heavy atom. The predicted octanol–water partition coefficient (Wildman–Crippen LogP) is 6.03. The molecule has 2 aromatic rings. The largest absolute Gasteiger partial charge is 0.493 e. The van der Waals surface area contributed by atoms with Gasteiger partial charge in [-0.25, -0.2) is 0 Å². The maximum absolute atomic E-state index is 12.4. The molecule has 1 fully saturated rings. The number of rotatable bonds is 7. The Hall–Kier alpha value is -2.15. The van der Waals surface area contributed by atoms with Crippen molar-refractivity contribution in [3.05, 3.63) is 62.5 Å². The zero-order valence-electron chi connectivity index (χ0n) is 15.9. The Morgan fingerprint density at radius 1 is 1.14 bits per heavy atom. The van der Waals surface area contributed by atoms with Crippen LogP contribution in [0.15, 0.2) is 41.3 Å². The SMILES string of the molecule is CCCN1C(=O)S/C(=C/c2cc(Cl)c(OCc3ccc(Cl)cc3)c(OC)c2)C1=O. The number of methoxy groups -OCH3 is 1. The van der Waals surface area contributed by atoms with Crippen molar-refractivity contribution in [1.82, 2.24) is 4.90 Å². The third kappa shape index (κ3) is 5.07. The number of hydrogen-bond donors (Lipinski definition) is 0. The summed E-state index contributed by atoms with van der Waals surface area (Å²) in [6.45, 7) is 2.62. The van der Waals surface area contributed by atoms with Gasteiger partial charge in [-0.2, -0.15) is 0 Å². The number of carbonyl (C=O) groups excluding carboxylic acids is 2. The molecule has 1 aliphatic heterocycles. The van der Waals surface area contributed by atoms with Crippen molar-refractivity contribution >= 4 is 52.2 Å². The molecule has 0 spiro atoms. The van der Waals surface area contributed by atoms with Crippen LogP contribution in [0.1, 0.15) is 24.5 Å². The molecule has 1 heterocycles. The summed E-state index contributed by atoms with van der Waals surface area (Å²) in [6, 6.07) is 10.7. The Kier molecular flexibility index (Phi) is 7.11. The van der Waals surface area contributed by atoms with E-state index in [2.05, 4.69) is 0 Å². The number of benzene rings is 2. The highest BCUT2D eigenvalue weighted by atomic mass is 35.5. The number of amides is 2. The summed E-state index contributed by atoms with van der Waals surface area (Å²) in [5.41, 5.74) is 1.58. The van der Waals surface area contributed by atoms with Crippen molar-refractivity contribution in [2.75, 3.05) is 13.7 Å². The minimum absolute atomic E-state index is 0.260. The molecule has 0 saturated carbocycles. The molecule has 0 bridgehead atoms. The van der Waals surface area contributed by atoms with Crippen molar-refractivity contribution in [3.63, 3.8) is 0 Å². The standard InChI is InChI=1S/C21H19Cl2NO4S/c1-3-8-24-20(25)18(29-21(24)26)11-14-9-16(23)19(17(10-14)27-2)28-12-13-4-6-15(22)7-5-13/h4-7,9-11H,3,8,12H2,1-2H3/b18-11+. The molecular formula is C21H19Cl2NO4S. The van der Waals surface area contributed by atoms with E-state index >= 15 is 0 Å². The van der Waals surface area contributed by atoms with Crippen LogP contribution < -0.4 is 9.47 Å². The fourth-order valence-electron chi connectivity index (χ4n) is 2.77. The van der Waals surface area contributed by atoms with Gasteiger partial charge in [0.25, 0.3) is 11.1 Å². The van der Waals surface area contributed by atoms with E-state index in [1.54, 1.807) is 30.3 Å². The van der Waals surface area contributed by atoms with Crippen molar-refractivity contribution in [2.45, 2.75) is 20.0 Å². The molecule has 0 aromatic heterocycles. The molecule has 152 valence electrons. The van der Waals surface area contributed by atoms with E-state index in [4.69, 9.17) is 32.7 Å². The first-order valence-corrected chi connectivity index (χ1v) is 10.5. The minimum atomic E-state index is -0.292. The molecule has 0 aliphatic carbocycles. The van der Waals surface area contributed by atoms with Crippen LogP contribution in [-0.4, -0.2) is 29.7 Å². The van der Waals surface area contributed by atoms with Crippen molar-refractivity contribution < 1.29 is 19.1 Å². The quantitative estimate of drug-likeness (QED) is 0.481. The second-order valence-corrected chi connectivity index (χ2v) is 8.12. The van der Waals surface area contributed by atoms with Gasteiger partial charge in [-0.05, 0) is 59.7 Å². The van der Waals surface area contributed by atoms with E-state index < -0.39 is 0 Å². The average molecular weight is 452 g/mol. The number of nitrogens with zero attached hydrogens (tertiary/aromatic N) is 1. The molecule has 1 saturated heterocycles. The van der Waals surface area contributed by atoms with Crippen LogP contribution in [-0.2, 0) is 11.4 Å². The van der Waals surface area contributed by atoms with Gasteiger partial charge in [-0.15, -0.1) is 0 Å². The van der Waals surface area contributed by atoms with Gasteiger partial charge in [0.05, 0.1) is 17.0 Å². The maximum atomic E-state index is 12.4. The van der Waals surface area contributed by atoms with Crippen molar-refractivity contribution in [3.8, 4) is 11.5 Å². The molecule has 1 aliphatic rings. The Labute approximate surface area is 183 Å². The molecule has 5 nitrogen and oxygen atoms in total. The van der Waals surface area contributed by atoms with Gasteiger partial charge in [0.2, 0.25) is 0 Å². The fraction of sp³-hybridized carbons (Fsp3) is 0.238. The average Bonchev–Trinajstić information content (AvgIpc) is 2.96.